The van der Waals surface area contributed by atoms with Crippen LogP contribution >= 0.6 is 12.0 Å². The van der Waals surface area contributed by atoms with Crippen LogP contribution in [0.5, 0.6) is 0 Å². The van der Waals surface area contributed by atoms with Crippen LogP contribution < -0.4 is 0 Å². The summed E-state index contributed by atoms with van der Waals surface area (Å²) in [5, 5.41) is 0. The standard InChI is InChI=1S/C4H7OS/c1-4(2,3)6-5/h1-2H2,3H3/q+1/p+1. The molecule has 1 nitrogen and oxygen atoms in total. The first-order valence-corrected chi connectivity index (χ1v) is 2.37. The molecule has 0 aromatic rings. The second-order valence-corrected chi connectivity index (χ2v) is 2.71. The lowest BCUT2D eigenvalue weighted by molar-refractivity contribution is 0.647. The molecule has 0 aromatic carbocycles. The van der Waals surface area contributed by atoms with E-state index in [0.717, 1.165) is 0 Å². The average Bonchev–Trinajstić information content (AvgIpc) is 1.35. The van der Waals surface area contributed by atoms with Crippen molar-refractivity contribution in [2.24, 2.45) is 0 Å². The minimum Gasteiger partial charge on any atom is -0.323 e. The SMILES string of the molecule is [CH2+]C([CH2+])(C)SO. The minimum absolute atomic E-state index is 0.486. The number of hydrogen-bond donors (Lipinski definition) is 1. The smallest absolute Gasteiger partial charge is 0.297 e. The first-order valence-electron chi connectivity index (χ1n) is 1.59. The molecule has 0 aromatic heterocycles. The summed E-state index contributed by atoms with van der Waals surface area (Å²) in [6, 6.07) is 0. The monoisotopic (exact) mass is 104 g/mol. The highest BCUT2D eigenvalue weighted by atomic mass is 32.2. The van der Waals surface area contributed by atoms with E-state index in [2.05, 4.69) is 13.8 Å². The summed E-state index contributed by atoms with van der Waals surface area (Å²) in [7, 11) is 0. The van der Waals surface area contributed by atoms with Crippen molar-refractivity contribution >= 4 is 12.0 Å². The van der Waals surface area contributed by atoms with Crippen LogP contribution in [0.3, 0.4) is 0 Å². The summed E-state index contributed by atoms with van der Waals surface area (Å²) in [5.74, 6) is 0. The van der Waals surface area contributed by atoms with Gasteiger partial charge in [-0.15, -0.1) is 0 Å². The zero-order chi connectivity index (χ0) is 5.21. The summed E-state index contributed by atoms with van der Waals surface area (Å²) in [4.78, 5) is 0. The molecule has 0 unspecified atom stereocenters. The van der Waals surface area contributed by atoms with Crippen molar-refractivity contribution in [3.8, 4) is 0 Å². The van der Waals surface area contributed by atoms with Gasteiger partial charge in [-0.25, -0.2) is 0 Å². The molecule has 0 aliphatic rings. The van der Waals surface area contributed by atoms with E-state index in [9.17, 15) is 0 Å². The van der Waals surface area contributed by atoms with Gasteiger partial charge in [0, 0.05) is 6.92 Å². The van der Waals surface area contributed by atoms with Crippen molar-refractivity contribution in [2.75, 3.05) is 0 Å². The summed E-state index contributed by atoms with van der Waals surface area (Å²) >= 11 is 0.660. The molecule has 2 heteroatoms. The zero-order valence-electron chi connectivity index (χ0n) is 3.77. The van der Waals surface area contributed by atoms with Crippen LogP contribution in [0.1, 0.15) is 6.92 Å². The third kappa shape index (κ3) is 4.05. The Morgan fingerprint density at radius 2 is 1.83 bits per heavy atom. The van der Waals surface area contributed by atoms with Gasteiger partial charge >= 0.3 is 0 Å². The topological polar surface area (TPSA) is 20.2 Å². The minimum atomic E-state index is -0.486. The van der Waals surface area contributed by atoms with Crippen LogP contribution in [-0.4, -0.2) is 9.30 Å². The first kappa shape index (κ1) is 6.05. The van der Waals surface area contributed by atoms with E-state index in [1.807, 2.05) is 0 Å². The molecule has 0 saturated carbocycles. The lowest BCUT2D eigenvalue weighted by atomic mass is 10.3. The van der Waals surface area contributed by atoms with Gasteiger partial charge in [-0.2, -0.15) is 0 Å². The molecular weight excluding hydrogens is 96.1 g/mol. The normalized spacial score (nSPS) is 11.7. The van der Waals surface area contributed by atoms with Crippen LogP contribution in [0.15, 0.2) is 0 Å². The van der Waals surface area contributed by atoms with Gasteiger partial charge < -0.3 is 4.55 Å². The molecule has 0 aliphatic heterocycles. The second kappa shape index (κ2) is 1.67. The van der Waals surface area contributed by atoms with Crippen LogP contribution in [0.2, 0.25) is 0 Å². The summed E-state index contributed by atoms with van der Waals surface area (Å²) < 4.78 is 7.71. The highest BCUT2D eigenvalue weighted by molar-refractivity contribution is 7.95. The molecule has 0 bridgehead atoms. The van der Waals surface area contributed by atoms with Gasteiger partial charge in [0.15, 0.2) is 0 Å². The van der Waals surface area contributed by atoms with E-state index in [-0.39, 0.29) is 0 Å². The fourth-order valence-corrected chi connectivity index (χ4v) is 0. The van der Waals surface area contributed by atoms with Gasteiger partial charge in [-0.3, -0.25) is 0 Å². The maximum Gasteiger partial charge on any atom is 0.297 e. The van der Waals surface area contributed by atoms with Gasteiger partial charge in [0.25, 0.3) is 4.75 Å². The predicted molar refractivity (Wildman–Crippen MR) is 29.3 cm³/mol. The van der Waals surface area contributed by atoms with Gasteiger partial charge in [0.2, 0.25) is 0 Å². The van der Waals surface area contributed by atoms with Crippen LogP contribution in [0.4, 0.5) is 0 Å². The largest absolute Gasteiger partial charge is 0.323 e. The van der Waals surface area contributed by atoms with Crippen molar-refractivity contribution < 1.29 is 4.55 Å². The highest BCUT2D eigenvalue weighted by Crippen LogP contribution is 2.16. The maximum absolute atomic E-state index is 8.19. The fourth-order valence-electron chi connectivity index (χ4n) is 0. The Labute approximate surface area is 43.0 Å². The van der Waals surface area contributed by atoms with Crippen molar-refractivity contribution in [2.45, 2.75) is 11.7 Å². The van der Waals surface area contributed by atoms with Crippen molar-refractivity contribution in [3.63, 3.8) is 0 Å². The third-order valence-corrected chi connectivity index (χ3v) is 0.661. The molecule has 34 valence electrons. The molecule has 0 aliphatic carbocycles. The van der Waals surface area contributed by atoms with E-state index in [4.69, 9.17) is 4.55 Å². The lowest BCUT2D eigenvalue weighted by Crippen LogP contribution is -2.06. The molecule has 0 saturated heterocycles. The highest BCUT2D eigenvalue weighted by Gasteiger charge is 2.26. The lowest BCUT2D eigenvalue weighted by Gasteiger charge is -1.92. The average molecular weight is 104 g/mol. The summed E-state index contributed by atoms with van der Waals surface area (Å²) in [6.45, 7) is 8.72. The second-order valence-electron chi connectivity index (χ2n) is 1.54. The Hall–Kier alpha value is 0.0500. The molecule has 0 heterocycles. The van der Waals surface area contributed by atoms with Gasteiger partial charge in [0.1, 0.15) is 13.8 Å². The van der Waals surface area contributed by atoms with Gasteiger partial charge in [-0.05, 0) is 0 Å². The number of hydrogen-bond acceptors (Lipinski definition) is 2. The predicted octanol–water partition coefficient (Wildman–Crippen LogP) is 1.62. The molecule has 0 rings (SSSR count). The molecule has 0 radical (unpaired) electrons. The molecule has 1 N–H and O–H groups in total. The summed E-state index contributed by atoms with van der Waals surface area (Å²) in [5.41, 5.74) is 0. The van der Waals surface area contributed by atoms with Gasteiger partial charge in [-0.1, -0.05) is 0 Å². The maximum atomic E-state index is 8.19. The molecular formula is C4H8OS+2. The molecule has 0 amide bonds. The third-order valence-electron chi connectivity index (χ3n) is 0.220. The Morgan fingerprint density at radius 3 is 1.83 bits per heavy atom. The quantitative estimate of drug-likeness (QED) is 0.403. The van der Waals surface area contributed by atoms with E-state index in [1.54, 1.807) is 6.92 Å². The molecule has 0 atom stereocenters. The Bertz CT molecular complexity index is 37.3. The van der Waals surface area contributed by atoms with E-state index < -0.39 is 4.75 Å². The Morgan fingerprint density at radius 1 is 1.67 bits per heavy atom. The molecule has 0 spiro atoms. The zero-order valence-corrected chi connectivity index (χ0v) is 4.59. The van der Waals surface area contributed by atoms with Crippen LogP contribution in [0.25, 0.3) is 0 Å². The Kier molecular flexibility index (Phi) is 1.68. The summed E-state index contributed by atoms with van der Waals surface area (Å²) in [6.07, 6.45) is 0. The van der Waals surface area contributed by atoms with Crippen molar-refractivity contribution in [1.29, 1.82) is 0 Å². The van der Waals surface area contributed by atoms with E-state index in [1.165, 1.54) is 0 Å². The number of rotatable bonds is 1. The van der Waals surface area contributed by atoms with Crippen molar-refractivity contribution in [1.82, 2.24) is 0 Å². The first-order chi connectivity index (χ1) is 2.56. The van der Waals surface area contributed by atoms with E-state index >= 15 is 0 Å². The Balaban J connectivity index is 3.17. The molecule has 6 heavy (non-hydrogen) atoms. The van der Waals surface area contributed by atoms with E-state index in [0.29, 0.717) is 12.0 Å². The fraction of sp³-hybridized carbons (Fsp3) is 0.500. The van der Waals surface area contributed by atoms with Crippen molar-refractivity contribution in [3.05, 3.63) is 13.8 Å². The molecule has 0 fully saturated rings. The van der Waals surface area contributed by atoms with Crippen LogP contribution in [-0.2, 0) is 0 Å². The van der Waals surface area contributed by atoms with Crippen LogP contribution in [0, 0.1) is 13.8 Å². The van der Waals surface area contributed by atoms with Gasteiger partial charge in [0.05, 0.1) is 12.0 Å².